The summed E-state index contributed by atoms with van der Waals surface area (Å²) in [4.78, 5) is 2.21. The van der Waals surface area contributed by atoms with Crippen molar-refractivity contribution in [1.29, 1.82) is 5.41 Å². The molecule has 1 saturated heterocycles. The van der Waals surface area contributed by atoms with Crippen molar-refractivity contribution >= 4 is 17.6 Å². The normalized spacial score (nSPS) is 19.5. The van der Waals surface area contributed by atoms with Crippen molar-refractivity contribution in [3.05, 3.63) is 0 Å². The molecule has 0 spiro atoms. The SMILES string of the molecule is CCC(=N)N1CCCSCC1. The molecule has 0 aromatic heterocycles. The second kappa shape index (κ2) is 4.65. The highest BCUT2D eigenvalue weighted by molar-refractivity contribution is 7.99. The average Bonchev–Trinajstić information content (AvgIpc) is 2.30. The van der Waals surface area contributed by atoms with E-state index in [1.807, 2.05) is 11.8 Å². The van der Waals surface area contributed by atoms with Gasteiger partial charge in [-0.1, -0.05) is 6.92 Å². The zero-order chi connectivity index (χ0) is 8.10. The Kier molecular flexibility index (Phi) is 3.77. The van der Waals surface area contributed by atoms with E-state index in [1.165, 1.54) is 17.9 Å². The molecule has 1 aliphatic rings. The molecule has 0 bridgehead atoms. The number of thioether (sulfide) groups is 1. The van der Waals surface area contributed by atoms with E-state index in [0.29, 0.717) is 0 Å². The number of nitrogens with zero attached hydrogens (tertiary/aromatic N) is 1. The van der Waals surface area contributed by atoms with Crippen LogP contribution in [-0.4, -0.2) is 35.3 Å². The zero-order valence-corrected chi connectivity index (χ0v) is 7.91. The summed E-state index contributed by atoms with van der Waals surface area (Å²) in [5.41, 5.74) is 0. The highest BCUT2D eigenvalue weighted by Gasteiger charge is 2.09. The van der Waals surface area contributed by atoms with Crippen LogP contribution in [0.5, 0.6) is 0 Å². The van der Waals surface area contributed by atoms with Crippen LogP contribution in [0.4, 0.5) is 0 Å². The molecule has 1 heterocycles. The Bertz CT molecular complexity index is 128. The van der Waals surface area contributed by atoms with Gasteiger partial charge in [0, 0.05) is 25.3 Å². The van der Waals surface area contributed by atoms with E-state index in [-0.39, 0.29) is 0 Å². The van der Waals surface area contributed by atoms with Crippen LogP contribution in [0.2, 0.25) is 0 Å². The minimum Gasteiger partial charge on any atom is -0.360 e. The molecule has 0 amide bonds. The van der Waals surface area contributed by atoms with E-state index >= 15 is 0 Å². The van der Waals surface area contributed by atoms with Crippen molar-refractivity contribution in [2.45, 2.75) is 19.8 Å². The highest BCUT2D eigenvalue weighted by atomic mass is 32.2. The molecular formula is C8H16N2S. The van der Waals surface area contributed by atoms with Crippen molar-refractivity contribution in [1.82, 2.24) is 4.90 Å². The topological polar surface area (TPSA) is 27.1 Å². The quantitative estimate of drug-likeness (QED) is 0.482. The monoisotopic (exact) mass is 172 g/mol. The molecule has 1 aliphatic heterocycles. The van der Waals surface area contributed by atoms with Crippen LogP contribution in [0.3, 0.4) is 0 Å². The predicted octanol–water partition coefficient (Wildman–Crippen LogP) is 1.81. The molecule has 0 saturated carbocycles. The van der Waals surface area contributed by atoms with Crippen LogP contribution in [0.25, 0.3) is 0 Å². The standard InChI is InChI=1S/C8H16N2S/c1-2-8(9)10-4-3-6-11-7-5-10/h9H,2-7H2,1H3. The largest absolute Gasteiger partial charge is 0.360 e. The summed E-state index contributed by atoms with van der Waals surface area (Å²) in [6.07, 6.45) is 2.12. The molecular weight excluding hydrogens is 156 g/mol. The van der Waals surface area contributed by atoms with Crippen LogP contribution >= 0.6 is 11.8 Å². The van der Waals surface area contributed by atoms with E-state index in [4.69, 9.17) is 5.41 Å². The first-order valence-electron chi connectivity index (χ1n) is 4.24. The first-order chi connectivity index (χ1) is 5.34. The van der Waals surface area contributed by atoms with Gasteiger partial charge >= 0.3 is 0 Å². The van der Waals surface area contributed by atoms with Crippen molar-refractivity contribution in [2.75, 3.05) is 24.6 Å². The van der Waals surface area contributed by atoms with Crippen LogP contribution in [0.15, 0.2) is 0 Å². The van der Waals surface area contributed by atoms with Crippen molar-refractivity contribution < 1.29 is 0 Å². The number of hydrogen-bond donors (Lipinski definition) is 1. The molecule has 1 fully saturated rings. The van der Waals surface area contributed by atoms with E-state index < -0.39 is 0 Å². The average molecular weight is 172 g/mol. The summed E-state index contributed by atoms with van der Waals surface area (Å²) in [6, 6.07) is 0. The predicted molar refractivity (Wildman–Crippen MR) is 51.5 cm³/mol. The molecule has 2 nitrogen and oxygen atoms in total. The maximum Gasteiger partial charge on any atom is 0.0955 e. The van der Waals surface area contributed by atoms with Crippen LogP contribution in [-0.2, 0) is 0 Å². The summed E-state index contributed by atoms with van der Waals surface area (Å²) >= 11 is 2.01. The Balaban J connectivity index is 2.36. The Morgan fingerprint density at radius 3 is 3.00 bits per heavy atom. The molecule has 0 unspecified atom stereocenters. The smallest absolute Gasteiger partial charge is 0.0955 e. The summed E-state index contributed by atoms with van der Waals surface area (Å²) in [5.74, 6) is 3.28. The molecule has 1 rings (SSSR count). The van der Waals surface area contributed by atoms with Gasteiger partial charge in [-0.05, 0) is 12.2 Å². The van der Waals surface area contributed by atoms with E-state index in [0.717, 1.165) is 25.3 Å². The lowest BCUT2D eigenvalue weighted by atomic mass is 10.3. The van der Waals surface area contributed by atoms with Crippen molar-refractivity contribution in [3.63, 3.8) is 0 Å². The zero-order valence-electron chi connectivity index (χ0n) is 7.10. The highest BCUT2D eigenvalue weighted by Crippen LogP contribution is 2.10. The number of rotatable bonds is 1. The summed E-state index contributed by atoms with van der Waals surface area (Å²) in [6.45, 7) is 4.23. The van der Waals surface area contributed by atoms with Gasteiger partial charge in [-0.25, -0.2) is 0 Å². The second-order valence-corrected chi connectivity index (χ2v) is 3.98. The van der Waals surface area contributed by atoms with E-state index in [9.17, 15) is 0 Å². The minimum atomic E-state index is 0.812. The van der Waals surface area contributed by atoms with Gasteiger partial charge in [0.1, 0.15) is 0 Å². The van der Waals surface area contributed by atoms with Gasteiger partial charge in [0.05, 0.1) is 5.84 Å². The maximum absolute atomic E-state index is 7.65. The van der Waals surface area contributed by atoms with Crippen LogP contribution in [0, 0.1) is 5.41 Å². The van der Waals surface area contributed by atoms with Gasteiger partial charge in [0.15, 0.2) is 0 Å². The van der Waals surface area contributed by atoms with Crippen molar-refractivity contribution in [3.8, 4) is 0 Å². The molecule has 0 aromatic rings. The molecule has 0 aliphatic carbocycles. The molecule has 11 heavy (non-hydrogen) atoms. The molecule has 1 N–H and O–H groups in total. The van der Waals surface area contributed by atoms with Gasteiger partial charge in [-0.2, -0.15) is 11.8 Å². The van der Waals surface area contributed by atoms with E-state index in [2.05, 4.69) is 11.8 Å². The Hall–Kier alpha value is -0.180. The summed E-state index contributed by atoms with van der Waals surface area (Å²) in [7, 11) is 0. The van der Waals surface area contributed by atoms with Gasteiger partial charge < -0.3 is 4.90 Å². The third kappa shape index (κ3) is 2.73. The second-order valence-electron chi connectivity index (χ2n) is 2.75. The lowest BCUT2D eigenvalue weighted by Crippen LogP contribution is -2.31. The molecule has 0 aromatic carbocycles. The molecule has 64 valence electrons. The fraction of sp³-hybridized carbons (Fsp3) is 0.875. The number of amidine groups is 1. The van der Waals surface area contributed by atoms with Gasteiger partial charge in [0.25, 0.3) is 0 Å². The molecule has 0 radical (unpaired) electrons. The third-order valence-corrected chi connectivity index (χ3v) is 2.99. The Morgan fingerprint density at radius 2 is 2.27 bits per heavy atom. The Labute approximate surface area is 72.9 Å². The first-order valence-corrected chi connectivity index (χ1v) is 5.40. The van der Waals surface area contributed by atoms with E-state index in [1.54, 1.807) is 0 Å². The third-order valence-electron chi connectivity index (χ3n) is 1.94. The van der Waals surface area contributed by atoms with Crippen molar-refractivity contribution in [2.24, 2.45) is 0 Å². The summed E-state index contributed by atoms with van der Waals surface area (Å²) in [5, 5.41) is 7.65. The maximum atomic E-state index is 7.65. The van der Waals surface area contributed by atoms with Gasteiger partial charge in [0.2, 0.25) is 0 Å². The van der Waals surface area contributed by atoms with Gasteiger partial charge in [-0.3, -0.25) is 5.41 Å². The number of nitrogens with one attached hydrogen (secondary N) is 1. The molecule has 0 atom stereocenters. The minimum absolute atomic E-state index is 0.812. The first kappa shape index (κ1) is 8.91. The fourth-order valence-corrected chi connectivity index (χ4v) is 2.13. The van der Waals surface area contributed by atoms with Crippen LogP contribution < -0.4 is 0 Å². The lowest BCUT2D eigenvalue weighted by molar-refractivity contribution is 0.439. The number of hydrogen-bond acceptors (Lipinski definition) is 2. The fourth-order valence-electron chi connectivity index (χ4n) is 1.24. The Morgan fingerprint density at radius 1 is 1.45 bits per heavy atom. The summed E-state index contributed by atoms with van der Waals surface area (Å²) < 4.78 is 0. The van der Waals surface area contributed by atoms with Gasteiger partial charge in [-0.15, -0.1) is 0 Å². The lowest BCUT2D eigenvalue weighted by Gasteiger charge is -2.21. The molecule has 3 heteroatoms. The van der Waals surface area contributed by atoms with Crippen LogP contribution in [0.1, 0.15) is 19.8 Å².